The molecule has 0 aliphatic heterocycles. The Hall–Kier alpha value is -3.97. The molecule has 3 rings (SSSR count). The van der Waals surface area contributed by atoms with Crippen LogP contribution in [0.4, 0.5) is 5.69 Å². The molecule has 0 aliphatic rings. The third-order valence-corrected chi connectivity index (χ3v) is 5.85. The molecule has 4 N–H and O–H groups in total. The van der Waals surface area contributed by atoms with Crippen molar-refractivity contribution in [1.82, 2.24) is 5.32 Å². The Morgan fingerprint density at radius 1 is 0.757 bits per heavy atom. The zero-order valence-electron chi connectivity index (χ0n) is 21.0. The Kier molecular flexibility index (Phi) is 11.4. The summed E-state index contributed by atoms with van der Waals surface area (Å²) < 4.78 is 5.34. The zero-order valence-corrected chi connectivity index (χ0v) is 21.0. The van der Waals surface area contributed by atoms with Gasteiger partial charge in [-0.2, -0.15) is 0 Å². The van der Waals surface area contributed by atoms with Gasteiger partial charge in [0.1, 0.15) is 12.6 Å². The third-order valence-electron chi connectivity index (χ3n) is 5.85. The van der Waals surface area contributed by atoms with E-state index in [1.807, 2.05) is 60.7 Å². The minimum Gasteiger partial charge on any atom is -0.461 e. The fraction of sp³-hybridized carbons (Fsp3) is 0.300. The Morgan fingerprint density at radius 3 is 2.05 bits per heavy atom. The van der Waals surface area contributed by atoms with E-state index in [4.69, 9.17) is 10.5 Å². The van der Waals surface area contributed by atoms with E-state index in [9.17, 15) is 14.4 Å². The SMILES string of the molecule is NCCCCCC(=O)N[C@@H](Cc1ccccc1)C(=O)Nc1ccc(CC(=O)OCc2ccccc2)cc1. The number of hydrogen-bond acceptors (Lipinski definition) is 5. The van der Waals surface area contributed by atoms with Gasteiger partial charge in [0.25, 0.3) is 0 Å². The van der Waals surface area contributed by atoms with E-state index >= 15 is 0 Å². The Balaban J connectivity index is 1.54. The predicted molar refractivity (Wildman–Crippen MR) is 145 cm³/mol. The highest BCUT2D eigenvalue weighted by molar-refractivity contribution is 5.97. The number of rotatable bonds is 14. The van der Waals surface area contributed by atoms with Crippen LogP contribution in [0.5, 0.6) is 0 Å². The lowest BCUT2D eigenvalue weighted by Crippen LogP contribution is -2.45. The molecule has 2 amide bonds. The molecular formula is C30H35N3O4. The predicted octanol–water partition coefficient (Wildman–Crippen LogP) is 4.16. The second-order valence-electron chi connectivity index (χ2n) is 8.92. The molecule has 0 radical (unpaired) electrons. The summed E-state index contributed by atoms with van der Waals surface area (Å²) in [6, 6.07) is 25.4. The molecule has 0 unspecified atom stereocenters. The minimum absolute atomic E-state index is 0.137. The first-order valence-electron chi connectivity index (χ1n) is 12.7. The van der Waals surface area contributed by atoms with Crippen LogP contribution in [0, 0.1) is 0 Å². The number of nitrogens with one attached hydrogen (secondary N) is 2. The number of amides is 2. The normalized spacial score (nSPS) is 11.4. The van der Waals surface area contributed by atoms with Crippen molar-refractivity contribution in [3.05, 3.63) is 102 Å². The molecule has 0 saturated carbocycles. The standard InChI is InChI=1S/C30H35N3O4/c31-19-9-3-8-14-28(34)33-27(20-23-10-4-1-5-11-23)30(36)32-26-17-15-24(16-18-26)21-29(35)37-22-25-12-6-2-7-13-25/h1-2,4-7,10-13,15-18,27H,3,8-9,14,19-22,31H2,(H,32,36)(H,33,34)/t27-/m0/s1. The van der Waals surface area contributed by atoms with Gasteiger partial charge in [-0.15, -0.1) is 0 Å². The lowest BCUT2D eigenvalue weighted by molar-refractivity contribution is -0.144. The van der Waals surface area contributed by atoms with E-state index in [1.165, 1.54) is 0 Å². The van der Waals surface area contributed by atoms with Crippen LogP contribution in [-0.4, -0.2) is 30.4 Å². The summed E-state index contributed by atoms with van der Waals surface area (Å²) in [7, 11) is 0. The van der Waals surface area contributed by atoms with Crippen LogP contribution in [-0.2, 0) is 38.6 Å². The van der Waals surface area contributed by atoms with Crippen LogP contribution < -0.4 is 16.4 Å². The van der Waals surface area contributed by atoms with E-state index in [0.29, 0.717) is 25.1 Å². The highest BCUT2D eigenvalue weighted by Crippen LogP contribution is 2.13. The van der Waals surface area contributed by atoms with Gasteiger partial charge in [-0.25, -0.2) is 0 Å². The topological polar surface area (TPSA) is 111 Å². The fourth-order valence-corrected chi connectivity index (χ4v) is 3.82. The molecule has 37 heavy (non-hydrogen) atoms. The van der Waals surface area contributed by atoms with Crippen LogP contribution in [0.25, 0.3) is 0 Å². The second-order valence-corrected chi connectivity index (χ2v) is 8.92. The van der Waals surface area contributed by atoms with E-state index in [-0.39, 0.29) is 30.8 Å². The maximum Gasteiger partial charge on any atom is 0.310 e. The molecule has 3 aromatic carbocycles. The van der Waals surface area contributed by atoms with Gasteiger partial charge >= 0.3 is 5.97 Å². The van der Waals surface area contributed by atoms with Crippen molar-refractivity contribution in [2.45, 2.75) is 51.2 Å². The maximum absolute atomic E-state index is 13.1. The number of carbonyl (C=O) groups is 3. The highest BCUT2D eigenvalue weighted by atomic mass is 16.5. The number of hydrogen-bond donors (Lipinski definition) is 3. The van der Waals surface area contributed by atoms with Gasteiger partial charge in [-0.1, -0.05) is 79.2 Å². The number of esters is 1. The van der Waals surface area contributed by atoms with Crippen molar-refractivity contribution in [3.63, 3.8) is 0 Å². The van der Waals surface area contributed by atoms with Crippen molar-refractivity contribution < 1.29 is 19.1 Å². The Labute approximate surface area is 218 Å². The average molecular weight is 502 g/mol. The number of benzene rings is 3. The first kappa shape index (κ1) is 27.6. The third kappa shape index (κ3) is 10.3. The molecule has 0 spiro atoms. The van der Waals surface area contributed by atoms with E-state index in [1.54, 1.807) is 24.3 Å². The van der Waals surface area contributed by atoms with Gasteiger partial charge in [-0.05, 0) is 48.2 Å². The van der Waals surface area contributed by atoms with Gasteiger partial charge in [0.05, 0.1) is 6.42 Å². The fourth-order valence-electron chi connectivity index (χ4n) is 3.82. The number of nitrogens with two attached hydrogens (primary N) is 1. The van der Waals surface area contributed by atoms with Gasteiger partial charge in [0.2, 0.25) is 11.8 Å². The molecule has 7 nitrogen and oxygen atoms in total. The summed E-state index contributed by atoms with van der Waals surface area (Å²) >= 11 is 0. The molecule has 0 saturated heterocycles. The van der Waals surface area contributed by atoms with Gasteiger partial charge < -0.3 is 21.1 Å². The molecule has 0 fully saturated rings. The van der Waals surface area contributed by atoms with Gasteiger partial charge in [0, 0.05) is 18.5 Å². The van der Waals surface area contributed by atoms with Crippen LogP contribution >= 0.6 is 0 Å². The number of anilines is 1. The molecular weight excluding hydrogens is 466 g/mol. The minimum atomic E-state index is -0.711. The first-order valence-corrected chi connectivity index (χ1v) is 12.7. The molecule has 0 aliphatic carbocycles. The van der Waals surface area contributed by atoms with Crippen LogP contribution in [0.15, 0.2) is 84.9 Å². The summed E-state index contributed by atoms with van der Waals surface area (Å²) in [6.07, 6.45) is 3.36. The van der Waals surface area contributed by atoms with Crippen molar-refractivity contribution in [2.75, 3.05) is 11.9 Å². The molecule has 0 bridgehead atoms. The molecule has 194 valence electrons. The van der Waals surface area contributed by atoms with Crippen LogP contribution in [0.1, 0.15) is 42.4 Å². The van der Waals surface area contributed by atoms with E-state index in [2.05, 4.69) is 10.6 Å². The van der Waals surface area contributed by atoms with Crippen molar-refractivity contribution in [1.29, 1.82) is 0 Å². The summed E-state index contributed by atoms with van der Waals surface area (Å²) in [4.78, 5) is 37.8. The largest absolute Gasteiger partial charge is 0.461 e. The van der Waals surface area contributed by atoms with Gasteiger partial charge in [0.15, 0.2) is 0 Å². The molecule has 1 atom stereocenters. The highest BCUT2D eigenvalue weighted by Gasteiger charge is 2.21. The van der Waals surface area contributed by atoms with Gasteiger partial charge in [-0.3, -0.25) is 14.4 Å². The number of unbranched alkanes of at least 4 members (excludes halogenated alkanes) is 2. The quantitative estimate of drug-likeness (QED) is 0.227. The summed E-state index contributed by atoms with van der Waals surface area (Å²) in [6.45, 7) is 0.837. The number of ether oxygens (including phenoxy) is 1. The molecule has 0 heterocycles. The number of carbonyl (C=O) groups excluding carboxylic acids is 3. The Bertz CT molecular complexity index is 1120. The van der Waals surface area contributed by atoms with E-state index < -0.39 is 6.04 Å². The second kappa shape index (κ2) is 15.2. The molecule has 0 aromatic heterocycles. The molecule has 7 heteroatoms. The first-order chi connectivity index (χ1) is 18.0. The Morgan fingerprint density at radius 2 is 1.41 bits per heavy atom. The smallest absolute Gasteiger partial charge is 0.310 e. The van der Waals surface area contributed by atoms with Crippen molar-refractivity contribution in [3.8, 4) is 0 Å². The van der Waals surface area contributed by atoms with Crippen molar-refractivity contribution in [2.24, 2.45) is 5.73 Å². The summed E-state index contributed by atoms with van der Waals surface area (Å²) in [5.74, 6) is -0.774. The molecule has 3 aromatic rings. The van der Waals surface area contributed by atoms with Crippen molar-refractivity contribution >= 4 is 23.5 Å². The van der Waals surface area contributed by atoms with E-state index in [0.717, 1.165) is 36.0 Å². The summed E-state index contributed by atoms with van der Waals surface area (Å²) in [5.41, 5.74) is 8.77. The lowest BCUT2D eigenvalue weighted by atomic mass is 10.0. The lowest BCUT2D eigenvalue weighted by Gasteiger charge is -2.19. The zero-order chi connectivity index (χ0) is 26.3. The monoisotopic (exact) mass is 501 g/mol. The maximum atomic E-state index is 13.1. The van der Waals surface area contributed by atoms with Crippen LogP contribution in [0.3, 0.4) is 0 Å². The van der Waals surface area contributed by atoms with Crippen LogP contribution in [0.2, 0.25) is 0 Å². The summed E-state index contributed by atoms with van der Waals surface area (Å²) in [5, 5.41) is 5.77. The average Bonchev–Trinajstić information content (AvgIpc) is 2.92.